The number of amides is 2. The van der Waals surface area contributed by atoms with Crippen molar-refractivity contribution < 1.29 is 18.0 Å². The van der Waals surface area contributed by atoms with Crippen molar-refractivity contribution in [2.75, 3.05) is 37.7 Å². The number of rotatable bonds is 3. The number of carbonyl (C=O) groups is 2. The predicted molar refractivity (Wildman–Crippen MR) is 88.1 cm³/mol. The molecule has 0 spiro atoms. The molecule has 2 aliphatic rings. The summed E-state index contributed by atoms with van der Waals surface area (Å²) < 4.78 is 23.0. The monoisotopic (exact) mass is 351 g/mol. The normalized spacial score (nSPS) is 23.2. The van der Waals surface area contributed by atoms with Gasteiger partial charge in [-0.1, -0.05) is 0 Å². The number of nitrogens with zero attached hydrogens (tertiary/aromatic N) is 3. The fourth-order valence-electron chi connectivity index (χ4n) is 3.24. The van der Waals surface area contributed by atoms with E-state index in [1.54, 1.807) is 34.3 Å². The molecule has 1 aromatic heterocycles. The van der Waals surface area contributed by atoms with Gasteiger partial charge in [-0.05, 0) is 24.5 Å². The second-order valence-corrected chi connectivity index (χ2v) is 8.62. The minimum atomic E-state index is -2.95. The van der Waals surface area contributed by atoms with Gasteiger partial charge >= 0.3 is 0 Å². The lowest BCUT2D eigenvalue weighted by Gasteiger charge is -2.35. The van der Waals surface area contributed by atoms with Gasteiger partial charge in [0.05, 0.1) is 17.1 Å². The molecule has 0 bridgehead atoms. The molecule has 7 nitrogen and oxygen atoms in total. The first-order valence-electron chi connectivity index (χ1n) is 8.12. The van der Waals surface area contributed by atoms with E-state index in [1.165, 1.54) is 0 Å². The molecule has 1 unspecified atom stereocenters. The van der Waals surface area contributed by atoms with E-state index in [0.717, 1.165) is 0 Å². The SMILES string of the molecule is O=C(CC1CCS(=O)(=O)C1)N1CCN(C(=O)c2cccnc2)CC1. The van der Waals surface area contributed by atoms with Crippen molar-refractivity contribution in [1.29, 1.82) is 0 Å². The zero-order valence-corrected chi connectivity index (χ0v) is 14.2. The van der Waals surface area contributed by atoms with Crippen LogP contribution in [0, 0.1) is 5.92 Å². The van der Waals surface area contributed by atoms with Gasteiger partial charge in [0, 0.05) is 45.0 Å². The molecular formula is C16H21N3O4S. The minimum Gasteiger partial charge on any atom is -0.339 e. The summed E-state index contributed by atoms with van der Waals surface area (Å²) in [5.74, 6) is 0.177. The van der Waals surface area contributed by atoms with Gasteiger partial charge in [0.25, 0.3) is 5.91 Å². The molecule has 8 heteroatoms. The lowest BCUT2D eigenvalue weighted by molar-refractivity contribution is -0.133. The van der Waals surface area contributed by atoms with Crippen molar-refractivity contribution in [3.63, 3.8) is 0 Å². The van der Waals surface area contributed by atoms with E-state index in [9.17, 15) is 18.0 Å². The lowest BCUT2D eigenvalue weighted by Crippen LogP contribution is -2.50. The van der Waals surface area contributed by atoms with Crippen molar-refractivity contribution in [2.45, 2.75) is 12.8 Å². The first kappa shape index (κ1) is 16.9. The van der Waals surface area contributed by atoms with Gasteiger partial charge in [-0.15, -0.1) is 0 Å². The summed E-state index contributed by atoms with van der Waals surface area (Å²) in [7, 11) is -2.95. The van der Waals surface area contributed by atoms with Gasteiger partial charge in [-0.3, -0.25) is 14.6 Å². The van der Waals surface area contributed by atoms with Crippen molar-refractivity contribution >= 4 is 21.7 Å². The first-order valence-corrected chi connectivity index (χ1v) is 9.94. The zero-order chi connectivity index (χ0) is 17.2. The average molecular weight is 351 g/mol. The highest BCUT2D eigenvalue weighted by Crippen LogP contribution is 2.22. The molecule has 0 radical (unpaired) electrons. The average Bonchev–Trinajstić information content (AvgIpc) is 2.93. The molecule has 0 aliphatic carbocycles. The molecule has 2 fully saturated rings. The summed E-state index contributed by atoms with van der Waals surface area (Å²) in [4.78, 5) is 32.1. The Bertz CT molecular complexity index is 712. The topological polar surface area (TPSA) is 87.7 Å². The van der Waals surface area contributed by atoms with E-state index in [-0.39, 0.29) is 35.7 Å². The standard InChI is InChI=1S/C16H21N3O4S/c20-15(10-13-3-9-24(22,23)12-13)18-5-7-19(8-6-18)16(21)14-2-1-4-17-11-14/h1-2,4,11,13H,3,5-10,12H2. The Morgan fingerprint density at radius 1 is 1.17 bits per heavy atom. The number of sulfone groups is 1. The van der Waals surface area contributed by atoms with Crippen LogP contribution >= 0.6 is 0 Å². The number of piperazine rings is 1. The molecule has 3 rings (SSSR count). The molecule has 2 aliphatic heterocycles. The summed E-state index contributed by atoms with van der Waals surface area (Å²) in [5, 5.41) is 0. The Labute approximate surface area is 141 Å². The van der Waals surface area contributed by atoms with Crippen LogP contribution in [0.25, 0.3) is 0 Å². The minimum absolute atomic E-state index is 0.00873. The second kappa shape index (κ2) is 6.88. The Hall–Kier alpha value is -1.96. The third-order valence-corrected chi connectivity index (χ3v) is 6.46. The largest absolute Gasteiger partial charge is 0.339 e. The van der Waals surface area contributed by atoms with Gasteiger partial charge in [0.1, 0.15) is 0 Å². The number of aromatic nitrogens is 1. The molecule has 3 heterocycles. The third-order valence-electron chi connectivity index (χ3n) is 4.62. The van der Waals surface area contributed by atoms with E-state index >= 15 is 0 Å². The van der Waals surface area contributed by atoms with E-state index < -0.39 is 9.84 Å². The Morgan fingerprint density at radius 3 is 2.46 bits per heavy atom. The Balaban J connectivity index is 1.50. The molecule has 0 saturated carbocycles. The third kappa shape index (κ3) is 3.92. The summed E-state index contributed by atoms with van der Waals surface area (Å²) in [6, 6.07) is 3.45. The highest BCUT2D eigenvalue weighted by molar-refractivity contribution is 7.91. The second-order valence-electron chi connectivity index (χ2n) is 6.39. The maximum Gasteiger partial charge on any atom is 0.255 e. The Kier molecular flexibility index (Phi) is 4.84. The number of hydrogen-bond donors (Lipinski definition) is 0. The van der Waals surface area contributed by atoms with Crippen LogP contribution < -0.4 is 0 Å². The summed E-state index contributed by atoms with van der Waals surface area (Å²) in [6.45, 7) is 1.96. The molecule has 0 aromatic carbocycles. The smallest absolute Gasteiger partial charge is 0.255 e. The molecule has 130 valence electrons. The van der Waals surface area contributed by atoms with Crippen molar-refractivity contribution in [1.82, 2.24) is 14.8 Å². The number of hydrogen-bond acceptors (Lipinski definition) is 5. The fraction of sp³-hybridized carbons (Fsp3) is 0.562. The van der Waals surface area contributed by atoms with Gasteiger partial charge in [0.15, 0.2) is 9.84 Å². The van der Waals surface area contributed by atoms with Crippen molar-refractivity contribution in [2.24, 2.45) is 5.92 Å². The van der Waals surface area contributed by atoms with Crippen LogP contribution in [0.1, 0.15) is 23.2 Å². The highest BCUT2D eigenvalue weighted by atomic mass is 32.2. The Morgan fingerprint density at radius 2 is 1.88 bits per heavy atom. The predicted octanol–water partition coefficient (Wildman–Crippen LogP) is 0.191. The molecule has 1 aromatic rings. The quantitative estimate of drug-likeness (QED) is 0.776. The van der Waals surface area contributed by atoms with E-state index in [4.69, 9.17) is 0 Å². The fourth-order valence-corrected chi connectivity index (χ4v) is 5.10. The van der Waals surface area contributed by atoms with Crippen LogP contribution in [0.15, 0.2) is 24.5 Å². The summed E-state index contributed by atoms with van der Waals surface area (Å²) in [6.07, 6.45) is 4.03. The number of pyridine rings is 1. The molecule has 0 N–H and O–H groups in total. The van der Waals surface area contributed by atoms with Crippen molar-refractivity contribution in [3.8, 4) is 0 Å². The summed E-state index contributed by atoms with van der Waals surface area (Å²) >= 11 is 0. The molecule has 2 saturated heterocycles. The van der Waals surface area contributed by atoms with Crippen LogP contribution in [0.5, 0.6) is 0 Å². The summed E-state index contributed by atoms with van der Waals surface area (Å²) in [5.41, 5.74) is 0.549. The molecule has 24 heavy (non-hydrogen) atoms. The highest BCUT2D eigenvalue weighted by Gasteiger charge is 2.32. The van der Waals surface area contributed by atoms with Gasteiger partial charge in [-0.25, -0.2) is 8.42 Å². The van der Waals surface area contributed by atoms with Gasteiger partial charge < -0.3 is 9.80 Å². The van der Waals surface area contributed by atoms with Gasteiger partial charge in [-0.2, -0.15) is 0 Å². The zero-order valence-electron chi connectivity index (χ0n) is 13.4. The maximum absolute atomic E-state index is 12.3. The van der Waals surface area contributed by atoms with Crippen LogP contribution in [0.2, 0.25) is 0 Å². The molecular weight excluding hydrogens is 330 g/mol. The lowest BCUT2D eigenvalue weighted by atomic mass is 10.0. The van der Waals surface area contributed by atoms with E-state index in [2.05, 4.69) is 4.98 Å². The van der Waals surface area contributed by atoms with Gasteiger partial charge in [0.2, 0.25) is 5.91 Å². The van der Waals surface area contributed by atoms with Crippen LogP contribution in [0.3, 0.4) is 0 Å². The van der Waals surface area contributed by atoms with E-state index in [0.29, 0.717) is 38.2 Å². The van der Waals surface area contributed by atoms with Crippen molar-refractivity contribution in [3.05, 3.63) is 30.1 Å². The molecule has 1 atom stereocenters. The van der Waals surface area contributed by atoms with Crippen LogP contribution in [-0.4, -0.2) is 72.7 Å². The first-order chi connectivity index (χ1) is 11.4. The van der Waals surface area contributed by atoms with E-state index in [1.807, 2.05) is 0 Å². The molecule has 2 amide bonds. The maximum atomic E-state index is 12.3. The van der Waals surface area contributed by atoms with Crippen LogP contribution in [0.4, 0.5) is 0 Å². The van der Waals surface area contributed by atoms with Crippen LogP contribution in [-0.2, 0) is 14.6 Å². The number of carbonyl (C=O) groups excluding carboxylic acids is 2.